The summed E-state index contributed by atoms with van der Waals surface area (Å²) in [6.45, 7) is 0. The summed E-state index contributed by atoms with van der Waals surface area (Å²) in [4.78, 5) is 20.3. The van der Waals surface area contributed by atoms with E-state index in [1.807, 2.05) is 0 Å². The molecule has 0 heterocycles. The van der Waals surface area contributed by atoms with E-state index in [1.165, 1.54) is 0 Å². The molecule has 0 unspecified atom stereocenters. The highest BCUT2D eigenvalue weighted by atomic mass is 32.2. The van der Waals surface area contributed by atoms with Crippen molar-refractivity contribution in [3.8, 4) is 0 Å². The highest BCUT2D eigenvalue weighted by Crippen LogP contribution is 2.00. The third kappa shape index (κ3) is 5.68. The summed E-state index contributed by atoms with van der Waals surface area (Å²) >= 11 is 1.07. The van der Waals surface area contributed by atoms with Crippen molar-refractivity contribution in [1.82, 2.24) is 0 Å². The SMILES string of the molecule is NC(=O)[C@@H](N)CSCC(=O)O. The molecule has 1 atom stereocenters. The third-order valence-corrected chi connectivity index (χ3v) is 1.93. The lowest BCUT2D eigenvalue weighted by atomic mass is 10.3. The molecule has 0 saturated heterocycles. The molecule has 5 nitrogen and oxygen atoms in total. The second-order valence-electron chi connectivity index (χ2n) is 1.92. The molecule has 0 spiro atoms. The summed E-state index contributed by atoms with van der Waals surface area (Å²) in [6, 6.07) is -0.751. The Morgan fingerprint density at radius 1 is 1.55 bits per heavy atom. The molecule has 0 rings (SSSR count). The summed E-state index contributed by atoms with van der Waals surface area (Å²) < 4.78 is 0. The number of carbonyl (C=O) groups is 2. The first-order valence-corrected chi connectivity index (χ1v) is 4.04. The Bertz CT molecular complexity index is 162. The van der Waals surface area contributed by atoms with Crippen LogP contribution in [0.1, 0.15) is 0 Å². The Balaban J connectivity index is 3.39. The van der Waals surface area contributed by atoms with Crippen LogP contribution in [0, 0.1) is 0 Å². The van der Waals surface area contributed by atoms with Crippen LogP contribution in [0.5, 0.6) is 0 Å². The van der Waals surface area contributed by atoms with Crippen LogP contribution in [-0.2, 0) is 9.59 Å². The molecule has 11 heavy (non-hydrogen) atoms. The molecule has 6 heteroatoms. The summed E-state index contributed by atoms with van der Waals surface area (Å²) in [5.41, 5.74) is 10.0. The van der Waals surface area contributed by atoms with Crippen molar-refractivity contribution in [2.45, 2.75) is 6.04 Å². The topological polar surface area (TPSA) is 106 Å². The van der Waals surface area contributed by atoms with Crippen molar-refractivity contribution in [1.29, 1.82) is 0 Å². The lowest BCUT2D eigenvalue weighted by Gasteiger charge is -2.03. The van der Waals surface area contributed by atoms with Gasteiger partial charge in [-0.05, 0) is 0 Å². The number of aliphatic carboxylic acids is 1. The maximum absolute atomic E-state index is 10.3. The standard InChI is InChI=1S/C5H10N2O3S/c6-3(5(7)10)1-11-2-4(8)9/h3H,1-2,6H2,(H2,7,10)(H,8,9)/t3-/m0/s1. The first-order chi connectivity index (χ1) is 5.04. The maximum atomic E-state index is 10.3. The fourth-order valence-electron chi connectivity index (χ4n) is 0.355. The number of thioether (sulfide) groups is 1. The van der Waals surface area contributed by atoms with Crippen LogP contribution in [0.2, 0.25) is 0 Å². The number of amides is 1. The fourth-order valence-corrected chi connectivity index (χ4v) is 1.07. The number of carbonyl (C=O) groups excluding carboxylic acids is 1. The van der Waals surface area contributed by atoms with Crippen molar-refractivity contribution in [2.75, 3.05) is 11.5 Å². The summed E-state index contributed by atoms with van der Waals surface area (Å²) in [5, 5.41) is 8.19. The third-order valence-electron chi connectivity index (χ3n) is 0.888. The summed E-state index contributed by atoms with van der Waals surface area (Å²) in [6.07, 6.45) is 0. The van der Waals surface area contributed by atoms with Crippen LogP contribution in [0.15, 0.2) is 0 Å². The van der Waals surface area contributed by atoms with Crippen molar-refractivity contribution in [3.05, 3.63) is 0 Å². The predicted molar refractivity (Wildman–Crippen MR) is 42.1 cm³/mol. The average molecular weight is 178 g/mol. The average Bonchev–Trinajstić information content (AvgIpc) is 1.86. The lowest BCUT2D eigenvalue weighted by Crippen LogP contribution is -2.38. The summed E-state index contributed by atoms with van der Waals surface area (Å²) in [5.74, 6) is -1.34. The molecule has 0 bridgehead atoms. The number of rotatable bonds is 5. The van der Waals surface area contributed by atoms with Gasteiger partial charge in [-0.15, -0.1) is 11.8 Å². The molecule has 0 saturated carbocycles. The minimum Gasteiger partial charge on any atom is -0.481 e. The Morgan fingerprint density at radius 2 is 2.09 bits per heavy atom. The Labute approximate surface area is 68.1 Å². The van der Waals surface area contributed by atoms with Crippen LogP contribution < -0.4 is 11.5 Å². The molecule has 1 amide bonds. The molecule has 5 N–H and O–H groups in total. The molecule has 0 aromatic rings. The van der Waals surface area contributed by atoms with Gasteiger partial charge in [-0.2, -0.15) is 0 Å². The van der Waals surface area contributed by atoms with Gasteiger partial charge in [-0.1, -0.05) is 0 Å². The first-order valence-electron chi connectivity index (χ1n) is 2.88. The zero-order valence-corrected chi connectivity index (χ0v) is 6.63. The first kappa shape index (κ1) is 10.2. The Kier molecular flexibility index (Phi) is 4.64. The van der Waals surface area contributed by atoms with Crippen LogP contribution in [-0.4, -0.2) is 34.5 Å². The molecule has 0 aromatic heterocycles. The second kappa shape index (κ2) is 4.97. The number of carboxylic acids is 1. The van der Waals surface area contributed by atoms with Crippen LogP contribution in [0.25, 0.3) is 0 Å². The monoisotopic (exact) mass is 178 g/mol. The largest absolute Gasteiger partial charge is 0.481 e. The quantitative estimate of drug-likeness (QED) is 0.481. The van der Waals surface area contributed by atoms with E-state index in [1.54, 1.807) is 0 Å². The van der Waals surface area contributed by atoms with Gasteiger partial charge in [0.15, 0.2) is 0 Å². The van der Waals surface area contributed by atoms with Gasteiger partial charge < -0.3 is 16.6 Å². The van der Waals surface area contributed by atoms with Gasteiger partial charge in [0.1, 0.15) is 0 Å². The van der Waals surface area contributed by atoms with Crippen LogP contribution in [0.3, 0.4) is 0 Å². The van der Waals surface area contributed by atoms with Crippen molar-refractivity contribution in [2.24, 2.45) is 11.5 Å². The number of carboxylic acid groups (broad SMARTS) is 1. The summed E-state index contributed by atoms with van der Waals surface area (Å²) in [7, 11) is 0. The van der Waals surface area contributed by atoms with E-state index in [-0.39, 0.29) is 11.5 Å². The van der Waals surface area contributed by atoms with E-state index >= 15 is 0 Å². The molecular formula is C5H10N2O3S. The van der Waals surface area contributed by atoms with Gasteiger partial charge >= 0.3 is 5.97 Å². The van der Waals surface area contributed by atoms with Crippen molar-refractivity contribution >= 4 is 23.6 Å². The zero-order chi connectivity index (χ0) is 8.85. The molecule has 0 aliphatic rings. The van der Waals surface area contributed by atoms with E-state index in [2.05, 4.69) is 0 Å². The molecule has 0 radical (unpaired) electrons. The molecular weight excluding hydrogens is 168 g/mol. The van der Waals surface area contributed by atoms with Gasteiger partial charge in [-0.3, -0.25) is 9.59 Å². The minimum atomic E-state index is -0.924. The molecule has 0 aromatic carbocycles. The minimum absolute atomic E-state index is 0.0546. The highest BCUT2D eigenvalue weighted by Gasteiger charge is 2.09. The van der Waals surface area contributed by atoms with Gasteiger partial charge in [0.05, 0.1) is 11.8 Å². The number of nitrogens with two attached hydrogens (primary N) is 2. The molecule has 0 aliphatic carbocycles. The molecule has 64 valence electrons. The van der Waals surface area contributed by atoms with Crippen molar-refractivity contribution in [3.63, 3.8) is 0 Å². The zero-order valence-electron chi connectivity index (χ0n) is 5.82. The Morgan fingerprint density at radius 3 is 2.45 bits per heavy atom. The number of hydrogen-bond acceptors (Lipinski definition) is 4. The van der Waals surface area contributed by atoms with E-state index in [0.717, 1.165) is 11.8 Å². The number of primary amides is 1. The van der Waals surface area contributed by atoms with E-state index in [4.69, 9.17) is 16.6 Å². The van der Waals surface area contributed by atoms with Gasteiger partial charge in [0.25, 0.3) is 0 Å². The fraction of sp³-hybridized carbons (Fsp3) is 0.600. The van der Waals surface area contributed by atoms with E-state index in [9.17, 15) is 9.59 Å². The Hall–Kier alpha value is -0.750. The van der Waals surface area contributed by atoms with Gasteiger partial charge in [0.2, 0.25) is 5.91 Å². The lowest BCUT2D eigenvalue weighted by molar-refractivity contribution is -0.134. The van der Waals surface area contributed by atoms with Crippen molar-refractivity contribution < 1.29 is 14.7 Å². The second-order valence-corrected chi connectivity index (χ2v) is 2.95. The molecule has 0 aliphatic heterocycles. The van der Waals surface area contributed by atoms with Crippen LogP contribution in [0.4, 0.5) is 0 Å². The van der Waals surface area contributed by atoms with E-state index in [0.29, 0.717) is 0 Å². The van der Waals surface area contributed by atoms with Crippen LogP contribution >= 0.6 is 11.8 Å². The highest BCUT2D eigenvalue weighted by molar-refractivity contribution is 8.00. The molecule has 0 fully saturated rings. The van der Waals surface area contributed by atoms with Gasteiger partial charge in [-0.25, -0.2) is 0 Å². The van der Waals surface area contributed by atoms with E-state index < -0.39 is 17.9 Å². The van der Waals surface area contributed by atoms with Gasteiger partial charge in [0, 0.05) is 5.75 Å². The normalized spacial score (nSPS) is 12.5. The predicted octanol–water partition coefficient (Wildman–Crippen LogP) is -1.38. The maximum Gasteiger partial charge on any atom is 0.313 e. The number of hydrogen-bond donors (Lipinski definition) is 3. The smallest absolute Gasteiger partial charge is 0.313 e.